The Bertz CT molecular complexity index is 739. The molecule has 2 rings (SSSR count). The summed E-state index contributed by atoms with van der Waals surface area (Å²) in [5, 5.41) is 0. The monoisotopic (exact) mass is 318 g/mol. The largest absolute Gasteiger partial charge is 0.349 e. The zero-order valence-corrected chi connectivity index (χ0v) is 13.3. The smallest absolute Gasteiger partial charge is 0.261 e. The second-order valence-electron chi connectivity index (χ2n) is 5.08. The fraction of sp³-hybridized carbons (Fsp3) is 0.188. The minimum absolute atomic E-state index is 0.00221. The Morgan fingerprint density at radius 1 is 1.00 bits per heavy atom. The van der Waals surface area contributed by atoms with Crippen molar-refractivity contribution in [2.75, 3.05) is 18.8 Å². The van der Waals surface area contributed by atoms with Crippen LogP contribution in [0.5, 0.6) is 0 Å². The number of nitrogens with one attached hydrogen (secondary N) is 1. The van der Waals surface area contributed by atoms with Gasteiger partial charge in [0.1, 0.15) is 0 Å². The molecule has 0 spiro atoms. The molecule has 6 heteroatoms. The highest BCUT2D eigenvalue weighted by Crippen LogP contribution is 2.16. The molecule has 1 amide bonds. The number of nitrogens with zero attached hydrogens (tertiary/aromatic N) is 1. The first-order chi connectivity index (χ1) is 10.4. The molecule has 0 fully saturated rings. The summed E-state index contributed by atoms with van der Waals surface area (Å²) in [5.41, 5.74) is 1.30. The van der Waals surface area contributed by atoms with E-state index >= 15 is 0 Å². The van der Waals surface area contributed by atoms with Gasteiger partial charge in [0.15, 0.2) is 0 Å². The molecule has 0 radical (unpaired) electrons. The summed E-state index contributed by atoms with van der Waals surface area (Å²) in [7, 11) is -0.190. The van der Waals surface area contributed by atoms with E-state index in [4.69, 9.17) is 0 Å². The number of carbonyl (C=O) groups excluding carboxylic acids is 1. The van der Waals surface area contributed by atoms with E-state index < -0.39 is 10.0 Å². The third kappa shape index (κ3) is 4.08. The SMILES string of the molecule is CN(C)C(=O)Cc1ccc(NS(=O)(=O)c2ccccc2)cc1. The standard InChI is InChI=1S/C16H18N2O3S/c1-18(2)16(19)12-13-8-10-14(11-9-13)17-22(20,21)15-6-4-3-5-7-15/h3-11,17H,12H2,1-2H3. The molecule has 0 aliphatic carbocycles. The maximum atomic E-state index is 12.2. The van der Waals surface area contributed by atoms with Gasteiger partial charge >= 0.3 is 0 Å². The van der Waals surface area contributed by atoms with E-state index in [1.54, 1.807) is 56.6 Å². The van der Waals surface area contributed by atoms with Gasteiger partial charge < -0.3 is 4.90 Å². The third-order valence-corrected chi connectivity index (χ3v) is 4.51. The second-order valence-corrected chi connectivity index (χ2v) is 6.76. The number of sulfonamides is 1. The van der Waals surface area contributed by atoms with E-state index in [-0.39, 0.29) is 10.8 Å². The maximum Gasteiger partial charge on any atom is 0.261 e. The molecule has 2 aromatic carbocycles. The Morgan fingerprint density at radius 3 is 2.14 bits per heavy atom. The number of hydrogen-bond acceptors (Lipinski definition) is 3. The summed E-state index contributed by atoms with van der Waals surface area (Å²) in [4.78, 5) is 13.4. The molecule has 0 heterocycles. The molecular formula is C16H18N2O3S. The first-order valence-electron chi connectivity index (χ1n) is 6.75. The summed E-state index contributed by atoms with van der Waals surface area (Å²) in [5.74, 6) is -0.00221. The lowest BCUT2D eigenvalue weighted by Crippen LogP contribution is -2.23. The number of hydrogen-bond donors (Lipinski definition) is 1. The van der Waals surface area contributed by atoms with Crippen LogP contribution in [0.1, 0.15) is 5.56 Å². The van der Waals surface area contributed by atoms with Gasteiger partial charge in [-0.25, -0.2) is 8.42 Å². The van der Waals surface area contributed by atoms with Gasteiger partial charge in [-0.15, -0.1) is 0 Å². The molecule has 0 bridgehead atoms. The molecule has 0 aliphatic heterocycles. The quantitative estimate of drug-likeness (QED) is 0.918. The maximum absolute atomic E-state index is 12.2. The number of amides is 1. The molecule has 0 aromatic heterocycles. The summed E-state index contributed by atoms with van der Waals surface area (Å²) in [6.07, 6.45) is 0.290. The van der Waals surface area contributed by atoms with E-state index in [9.17, 15) is 13.2 Å². The highest BCUT2D eigenvalue weighted by atomic mass is 32.2. The molecule has 1 N–H and O–H groups in total. The van der Waals surface area contributed by atoms with Crippen LogP contribution in [0.3, 0.4) is 0 Å². The topological polar surface area (TPSA) is 66.5 Å². The van der Waals surface area contributed by atoms with E-state index in [0.29, 0.717) is 12.1 Å². The summed E-state index contributed by atoms with van der Waals surface area (Å²) in [6.45, 7) is 0. The Morgan fingerprint density at radius 2 is 1.59 bits per heavy atom. The predicted molar refractivity (Wildman–Crippen MR) is 86.1 cm³/mol. The highest BCUT2D eigenvalue weighted by Gasteiger charge is 2.13. The van der Waals surface area contributed by atoms with E-state index in [1.807, 2.05) is 0 Å². The molecule has 5 nitrogen and oxygen atoms in total. The minimum Gasteiger partial charge on any atom is -0.349 e. The Balaban J connectivity index is 2.10. The third-order valence-electron chi connectivity index (χ3n) is 3.11. The van der Waals surface area contributed by atoms with Gasteiger partial charge in [0, 0.05) is 19.8 Å². The van der Waals surface area contributed by atoms with Gasteiger partial charge in [0.25, 0.3) is 10.0 Å². The van der Waals surface area contributed by atoms with Crippen LogP contribution in [-0.2, 0) is 21.2 Å². The van der Waals surface area contributed by atoms with Crippen LogP contribution in [0.4, 0.5) is 5.69 Å². The average molecular weight is 318 g/mol. The van der Waals surface area contributed by atoms with Gasteiger partial charge in [-0.3, -0.25) is 9.52 Å². The predicted octanol–water partition coefficient (Wildman–Crippen LogP) is 2.12. The molecule has 0 atom stereocenters. The first kappa shape index (κ1) is 16.0. The van der Waals surface area contributed by atoms with Crippen molar-refractivity contribution in [3.05, 3.63) is 60.2 Å². The highest BCUT2D eigenvalue weighted by molar-refractivity contribution is 7.92. The van der Waals surface area contributed by atoms with Crippen molar-refractivity contribution < 1.29 is 13.2 Å². The van der Waals surface area contributed by atoms with Gasteiger partial charge in [-0.1, -0.05) is 30.3 Å². The van der Waals surface area contributed by atoms with Gasteiger partial charge in [0.05, 0.1) is 11.3 Å². The van der Waals surface area contributed by atoms with E-state index in [0.717, 1.165) is 5.56 Å². The van der Waals surface area contributed by atoms with Crippen LogP contribution >= 0.6 is 0 Å². The zero-order chi connectivity index (χ0) is 16.2. The Hall–Kier alpha value is -2.34. The van der Waals surface area contributed by atoms with Crippen molar-refractivity contribution in [3.8, 4) is 0 Å². The van der Waals surface area contributed by atoms with E-state index in [1.165, 1.54) is 17.0 Å². The van der Waals surface area contributed by atoms with Crippen LogP contribution in [0.2, 0.25) is 0 Å². The molecule has 22 heavy (non-hydrogen) atoms. The molecular weight excluding hydrogens is 300 g/mol. The molecule has 2 aromatic rings. The Labute approximate surface area is 130 Å². The van der Waals surface area contributed by atoms with Crippen LogP contribution in [0, 0.1) is 0 Å². The van der Waals surface area contributed by atoms with E-state index in [2.05, 4.69) is 4.72 Å². The second kappa shape index (κ2) is 6.62. The Kier molecular flexibility index (Phi) is 4.82. The van der Waals surface area contributed by atoms with Gasteiger partial charge in [-0.05, 0) is 29.8 Å². The number of anilines is 1. The van der Waals surface area contributed by atoms with Crippen molar-refractivity contribution in [2.24, 2.45) is 0 Å². The van der Waals surface area contributed by atoms with Crippen LogP contribution in [-0.4, -0.2) is 33.3 Å². The lowest BCUT2D eigenvalue weighted by molar-refractivity contribution is -0.127. The fourth-order valence-electron chi connectivity index (χ4n) is 1.84. The zero-order valence-electron chi connectivity index (χ0n) is 12.5. The number of carbonyl (C=O) groups is 1. The lowest BCUT2D eigenvalue weighted by Gasteiger charge is -2.11. The molecule has 0 saturated carbocycles. The number of benzene rings is 2. The number of likely N-dealkylation sites (N-methyl/N-ethyl adjacent to an activating group) is 1. The van der Waals surface area contributed by atoms with Crippen molar-refractivity contribution >= 4 is 21.6 Å². The van der Waals surface area contributed by atoms with Crippen LogP contribution in [0.25, 0.3) is 0 Å². The van der Waals surface area contributed by atoms with Gasteiger partial charge in [0.2, 0.25) is 5.91 Å². The first-order valence-corrected chi connectivity index (χ1v) is 8.24. The summed E-state index contributed by atoms with van der Waals surface area (Å²) < 4.78 is 26.9. The molecule has 0 unspecified atom stereocenters. The summed E-state index contributed by atoms with van der Waals surface area (Å²) in [6, 6.07) is 15.0. The van der Waals surface area contributed by atoms with Crippen molar-refractivity contribution in [1.29, 1.82) is 0 Å². The number of rotatable bonds is 5. The van der Waals surface area contributed by atoms with Crippen molar-refractivity contribution in [2.45, 2.75) is 11.3 Å². The van der Waals surface area contributed by atoms with Gasteiger partial charge in [-0.2, -0.15) is 0 Å². The summed E-state index contributed by atoms with van der Waals surface area (Å²) >= 11 is 0. The normalized spacial score (nSPS) is 11.0. The van der Waals surface area contributed by atoms with Crippen LogP contribution < -0.4 is 4.72 Å². The van der Waals surface area contributed by atoms with Crippen molar-refractivity contribution in [3.63, 3.8) is 0 Å². The molecule has 116 valence electrons. The lowest BCUT2D eigenvalue weighted by atomic mass is 10.1. The van der Waals surface area contributed by atoms with Crippen molar-refractivity contribution in [1.82, 2.24) is 4.90 Å². The van der Waals surface area contributed by atoms with Crippen LogP contribution in [0.15, 0.2) is 59.5 Å². The molecule has 0 aliphatic rings. The average Bonchev–Trinajstić information content (AvgIpc) is 2.50. The minimum atomic E-state index is -3.59. The molecule has 0 saturated heterocycles. The fourth-order valence-corrected chi connectivity index (χ4v) is 2.92.